The summed E-state index contributed by atoms with van der Waals surface area (Å²) in [6.45, 7) is 1.50. The van der Waals surface area contributed by atoms with Crippen molar-refractivity contribution in [3.63, 3.8) is 0 Å². The number of carbonyl (C=O) groups is 1. The van der Waals surface area contributed by atoms with Gasteiger partial charge in [-0.1, -0.05) is 12.1 Å². The highest BCUT2D eigenvalue weighted by atomic mass is 35.5. The standard InChI is InChI=1S/C12H17NO3.ClH/c1-9(15)16-11-5-2-4-10(8-11)12(13)6-3-7-14;/h2,4-5,8,12,14H,3,6-7,13H2,1H3;1H/t12-;/m1./s1. The van der Waals surface area contributed by atoms with E-state index < -0.39 is 0 Å². The van der Waals surface area contributed by atoms with Crippen molar-refractivity contribution in [3.8, 4) is 5.75 Å². The molecule has 0 bridgehead atoms. The third-order valence-electron chi connectivity index (χ3n) is 2.22. The molecule has 1 aromatic carbocycles. The lowest BCUT2D eigenvalue weighted by atomic mass is 10.0. The molecule has 1 rings (SSSR count). The molecule has 0 saturated heterocycles. The maximum Gasteiger partial charge on any atom is 0.308 e. The number of aliphatic hydroxyl groups is 1. The van der Waals surface area contributed by atoms with Crippen LogP contribution < -0.4 is 10.5 Å². The van der Waals surface area contributed by atoms with Crippen molar-refractivity contribution >= 4 is 18.4 Å². The maximum absolute atomic E-state index is 10.8. The first-order chi connectivity index (χ1) is 7.63. The Balaban J connectivity index is 0.00000256. The third kappa shape index (κ3) is 5.68. The average molecular weight is 260 g/mol. The fraction of sp³-hybridized carbons (Fsp3) is 0.417. The molecular formula is C12H18ClNO3. The first-order valence-electron chi connectivity index (χ1n) is 5.28. The molecule has 0 aliphatic heterocycles. The van der Waals surface area contributed by atoms with Gasteiger partial charge in [0, 0.05) is 19.6 Å². The Kier molecular flexibility index (Phi) is 7.54. The van der Waals surface area contributed by atoms with Gasteiger partial charge in [0.2, 0.25) is 0 Å². The highest BCUT2D eigenvalue weighted by Gasteiger charge is 2.07. The SMILES string of the molecule is CC(=O)Oc1cccc([C@H](N)CCCO)c1.Cl. The van der Waals surface area contributed by atoms with Crippen LogP contribution >= 0.6 is 12.4 Å². The number of aliphatic hydroxyl groups excluding tert-OH is 1. The predicted molar refractivity (Wildman–Crippen MR) is 68.2 cm³/mol. The molecular weight excluding hydrogens is 242 g/mol. The van der Waals surface area contributed by atoms with E-state index >= 15 is 0 Å². The number of carbonyl (C=O) groups excluding carboxylic acids is 1. The zero-order chi connectivity index (χ0) is 12.0. The quantitative estimate of drug-likeness (QED) is 0.625. The predicted octanol–water partition coefficient (Wildman–Crippen LogP) is 1.81. The molecule has 0 fully saturated rings. The Morgan fingerprint density at radius 2 is 2.24 bits per heavy atom. The summed E-state index contributed by atoms with van der Waals surface area (Å²) in [4.78, 5) is 10.8. The van der Waals surface area contributed by atoms with Crippen molar-refractivity contribution in [1.82, 2.24) is 0 Å². The molecule has 0 spiro atoms. The Labute approximate surface area is 107 Å². The average Bonchev–Trinajstić information content (AvgIpc) is 2.25. The molecule has 3 N–H and O–H groups in total. The first-order valence-corrected chi connectivity index (χ1v) is 5.28. The van der Waals surface area contributed by atoms with Gasteiger partial charge in [-0.05, 0) is 30.5 Å². The summed E-state index contributed by atoms with van der Waals surface area (Å²) in [6, 6.07) is 7.01. The molecule has 17 heavy (non-hydrogen) atoms. The largest absolute Gasteiger partial charge is 0.427 e. The maximum atomic E-state index is 10.8. The second-order valence-corrected chi connectivity index (χ2v) is 3.64. The minimum absolute atomic E-state index is 0. The van der Waals surface area contributed by atoms with E-state index in [1.54, 1.807) is 18.2 Å². The number of nitrogens with two attached hydrogens (primary N) is 1. The topological polar surface area (TPSA) is 72.5 Å². The normalized spacial score (nSPS) is 11.5. The van der Waals surface area contributed by atoms with Gasteiger partial charge in [0.05, 0.1) is 0 Å². The highest BCUT2D eigenvalue weighted by molar-refractivity contribution is 5.85. The Bertz CT molecular complexity index is 357. The summed E-state index contributed by atoms with van der Waals surface area (Å²) < 4.78 is 4.97. The molecule has 0 aromatic heterocycles. The number of rotatable bonds is 5. The van der Waals surface area contributed by atoms with Crippen LogP contribution in [0.3, 0.4) is 0 Å². The lowest BCUT2D eigenvalue weighted by Gasteiger charge is -2.12. The van der Waals surface area contributed by atoms with Crippen molar-refractivity contribution in [2.45, 2.75) is 25.8 Å². The van der Waals surface area contributed by atoms with Gasteiger partial charge in [-0.25, -0.2) is 0 Å². The van der Waals surface area contributed by atoms with E-state index in [4.69, 9.17) is 15.6 Å². The lowest BCUT2D eigenvalue weighted by Crippen LogP contribution is -2.11. The fourth-order valence-electron chi connectivity index (χ4n) is 1.45. The molecule has 0 aliphatic carbocycles. The van der Waals surface area contributed by atoms with Crippen LogP contribution in [0.2, 0.25) is 0 Å². The molecule has 5 heteroatoms. The molecule has 4 nitrogen and oxygen atoms in total. The minimum Gasteiger partial charge on any atom is -0.427 e. The molecule has 0 amide bonds. The van der Waals surface area contributed by atoms with E-state index in [0.717, 1.165) is 5.56 Å². The number of halogens is 1. The van der Waals surface area contributed by atoms with Gasteiger partial charge in [0.25, 0.3) is 0 Å². The molecule has 0 aliphatic rings. The third-order valence-corrected chi connectivity index (χ3v) is 2.22. The molecule has 96 valence electrons. The second kappa shape index (κ2) is 8.06. The van der Waals surface area contributed by atoms with Crippen LogP contribution in [0.25, 0.3) is 0 Å². The van der Waals surface area contributed by atoms with Crippen LogP contribution in [-0.4, -0.2) is 17.7 Å². The fourth-order valence-corrected chi connectivity index (χ4v) is 1.45. The van der Waals surface area contributed by atoms with E-state index in [9.17, 15) is 4.79 Å². The van der Waals surface area contributed by atoms with E-state index in [1.165, 1.54) is 6.92 Å². The van der Waals surface area contributed by atoms with E-state index in [0.29, 0.717) is 18.6 Å². The molecule has 0 heterocycles. The molecule has 1 aromatic rings. The Morgan fingerprint density at radius 1 is 1.53 bits per heavy atom. The van der Waals surface area contributed by atoms with Gasteiger partial charge < -0.3 is 15.6 Å². The summed E-state index contributed by atoms with van der Waals surface area (Å²) in [5.41, 5.74) is 6.84. The zero-order valence-electron chi connectivity index (χ0n) is 9.76. The Hall–Kier alpha value is -1.10. The van der Waals surface area contributed by atoms with Gasteiger partial charge in [0.15, 0.2) is 0 Å². The van der Waals surface area contributed by atoms with Crippen molar-refractivity contribution in [2.75, 3.05) is 6.61 Å². The van der Waals surface area contributed by atoms with E-state index in [2.05, 4.69) is 0 Å². The van der Waals surface area contributed by atoms with Gasteiger partial charge >= 0.3 is 5.97 Å². The molecule has 1 atom stereocenters. The number of hydrogen-bond acceptors (Lipinski definition) is 4. The van der Waals surface area contributed by atoms with Crippen molar-refractivity contribution < 1.29 is 14.6 Å². The number of benzene rings is 1. The second-order valence-electron chi connectivity index (χ2n) is 3.64. The van der Waals surface area contributed by atoms with Gasteiger partial charge in [0.1, 0.15) is 5.75 Å². The van der Waals surface area contributed by atoms with Crippen LogP contribution in [0, 0.1) is 0 Å². The smallest absolute Gasteiger partial charge is 0.308 e. The van der Waals surface area contributed by atoms with Crippen LogP contribution in [-0.2, 0) is 4.79 Å². The van der Waals surface area contributed by atoms with Gasteiger partial charge in [-0.2, -0.15) is 0 Å². The number of esters is 1. The van der Waals surface area contributed by atoms with Crippen LogP contribution in [0.15, 0.2) is 24.3 Å². The van der Waals surface area contributed by atoms with Gasteiger partial charge in [-0.15, -0.1) is 12.4 Å². The summed E-state index contributed by atoms with van der Waals surface area (Å²) in [7, 11) is 0. The Morgan fingerprint density at radius 3 is 2.82 bits per heavy atom. The summed E-state index contributed by atoms with van der Waals surface area (Å²) >= 11 is 0. The van der Waals surface area contributed by atoms with Crippen molar-refractivity contribution in [1.29, 1.82) is 0 Å². The molecule has 0 saturated carbocycles. The van der Waals surface area contributed by atoms with Crippen molar-refractivity contribution in [3.05, 3.63) is 29.8 Å². The molecule has 0 unspecified atom stereocenters. The zero-order valence-corrected chi connectivity index (χ0v) is 10.6. The van der Waals surface area contributed by atoms with Crippen LogP contribution in [0.5, 0.6) is 5.75 Å². The first kappa shape index (κ1) is 15.9. The summed E-state index contributed by atoms with van der Waals surface area (Å²) in [6.07, 6.45) is 1.37. The monoisotopic (exact) mass is 259 g/mol. The van der Waals surface area contributed by atoms with Crippen LogP contribution in [0.4, 0.5) is 0 Å². The van der Waals surface area contributed by atoms with Crippen molar-refractivity contribution in [2.24, 2.45) is 5.73 Å². The number of ether oxygens (including phenoxy) is 1. The van der Waals surface area contributed by atoms with E-state index in [1.807, 2.05) is 6.07 Å². The van der Waals surface area contributed by atoms with E-state index in [-0.39, 0.29) is 31.0 Å². The van der Waals surface area contributed by atoms with Crippen LogP contribution in [0.1, 0.15) is 31.4 Å². The minimum atomic E-state index is -0.346. The summed E-state index contributed by atoms with van der Waals surface area (Å²) in [5, 5.41) is 8.71. The molecule has 0 radical (unpaired) electrons. The highest BCUT2D eigenvalue weighted by Crippen LogP contribution is 2.20. The summed E-state index contributed by atoms with van der Waals surface area (Å²) in [5.74, 6) is 0.158. The van der Waals surface area contributed by atoms with Gasteiger partial charge in [-0.3, -0.25) is 4.79 Å². The number of hydrogen-bond donors (Lipinski definition) is 2. The lowest BCUT2D eigenvalue weighted by molar-refractivity contribution is -0.131.